The van der Waals surface area contributed by atoms with Crippen LogP contribution in [0.2, 0.25) is 0 Å². The standard InChI is InChI=1S/C23H35N3O2/c1-4-5-6-7-8-13-22(27)24-14-9-11-18(2)26-21-17-20(28-3)16-19-12-10-15-25-23(19)21/h10,12,15-18,26H,4-9,11,13-14H2,1-3H3,(H,24,27). The van der Waals surface area contributed by atoms with Gasteiger partial charge in [0.1, 0.15) is 5.75 Å². The van der Waals surface area contributed by atoms with Crippen LogP contribution in [0.25, 0.3) is 10.9 Å². The lowest BCUT2D eigenvalue weighted by Gasteiger charge is -2.17. The molecule has 154 valence electrons. The first-order chi connectivity index (χ1) is 13.6. The lowest BCUT2D eigenvalue weighted by atomic mass is 10.1. The zero-order valence-corrected chi connectivity index (χ0v) is 17.6. The monoisotopic (exact) mass is 385 g/mol. The number of carbonyl (C=O) groups excluding carboxylic acids is 1. The average molecular weight is 386 g/mol. The molecule has 1 amide bonds. The van der Waals surface area contributed by atoms with E-state index in [4.69, 9.17) is 4.74 Å². The third-order valence-corrected chi connectivity index (χ3v) is 4.96. The number of methoxy groups -OCH3 is 1. The van der Waals surface area contributed by atoms with Crippen molar-refractivity contribution in [3.05, 3.63) is 30.5 Å². The predicted molar refractivity (Wildman–Crippen MR) is 117 cm³/mol. The molecule has 2 rings (SSSR count). The van der Waals surface area contributed by atoms with Crippen LogP contribution in [0.4, 0.5) is 5.69 Å². The van der Waals surface area contributed by atoms with Gasteiger partial charge in [0.05, 0.1) is 18.3 Å². The van der Waals surface area contributed by atoms with Crippen LogP contribution in [0.5, 0.6) is 5.75 Å². The summed E-state index contributed by atoms with van der Waals surface area (Å²) < 4.78 is 5.41. The third-order valence-electron chi connectivity index (χ3n) is 4.96. The van der Waals surface area contributed by atoms with Gasteiger partial charge in [-0.05, 0) is 38.3 Å². The Bertz CT molecular complexity index is 733. The van der Waals surface area contributed by atoms with Crippen LogP contribution in [0, 0.1) is 0 Å². The first-order valence-electron chi connectivity index (χ1n) is 10.6. The van der Waals surface area contributed by atoms with Gasteiger partial charge in [-0.2, -0.15) is 0 Å². The van der Waals surface area contributed by atoms with Crippen molar-refractivity contribution in [2.45, 2.75) is 71.3 Å². The molecule has 0 saturated heterocycles. The maximum absolute atomic E-state index is 11.9. The normalized spacial score (nSPS) is 12.0. The fourth-order valence-corrected chi connectivity index (χ4v) is 3.34. The minimum Gasteiger partial charge on any atom is -0.497 e. The van der Waals surface area contributed by atoms with Gasteiger partial charge in [0.25, 0.3) is 0 Å². The van der Waals surface area contributed by atoms with E-state index in [1.54, 1.807) is 7.11 Å². The molecule has 28 heavy (non-hydrogen) atoms. The van der Waals surface area contributed by atoms with E-state index in [0.717, 1.165) is 54.6 Å². The molecule has 1 atom stereocenters. The quantitative estimate of drug-likeness (QED) is 0.459. The molecule has 0 saturated carbocycles. The summed E-state index contributed by atoms with van der Waals surface area (Å²) in [5.74, 6) is 1.00. The van der Waals surface area contributed by atoms with E-state index >= 15 is 0 Å². The van der Waals surface area contributed by atoms with E-state index in [0.29, 0.717) is 6.42 Å². The number of anilines is 1. The molecule has 0 aliphatic rings. The molecule has 1 heterocycles. The molecule has 0 bridgehead atoms. The fraction of sp³-hybridized carbons (Fsp3) is 0.565. The summed E-state index contributed by atoms with van der Waals surface area (Å²) in [5.41, 5.74) is 1.94. The van der Waals surface area contributed by atoms with Crippen LogP contribution < -0.4 is 15.4 Å². The van der Waals surface area contributed by atoms with Gasteiger partial charge in [0, 0.05) is 36.7 Å². The van der Waals surface area contributed by atoms with Crippen molar-refractivity contribution in [2.24, 2.45) is 0 Å². The molecule has 5 nitrogen and oxygen atoms in total. The van der Waals surface area contributed by atoms with Gasteiger partial charge in [-0.15, -0.1) is 0 Å². The van der Waals surface area contributed by atoms with Gasteiger partial charge in [-0.3, -0.25) is 9.78 Å². The van der Waals surface area contributed by atoms with Crippen molar-refractivity contribution in [2.75, 3.05) is 19.0 Å². The first kappa shape index (κ1) is 22.0. The number of nitrogens with one attached hydrogen (secondary N) is 2. The maximum atomic E-state index is 11.9. The zero-order valence-electron chi connectivity index (χ0n) is 17.6. The predicted octanol–water partition coefficient (Wildman–Crippen LogP) is 5.30. The Kier molecular flexibility index (Phi) is 9.60. The van der Waals surface area contributed by atoms with Crippen molar-refractivity contribution >= 4 is 22.5 Å². The largest absolute Gasteiger partial charge is 0.497 e. The second kappa shape index (κ2) is 12.2. The molecule has 1 aromatic carbocycles. The second-order valence-corrected chi connectivity index (χ2v) is 7.45. The number of nitrogens with zero attached hydrogens (tertiary/aromatic N) is 1. The second-order valence-electron chi connectivity index (χ2n) is 7.45. The van der Waals surface area contributed by atoms with Crippen molar-refractivity contribution in [3.63, 3.8) is 0 Å². The van der Waals surface area contributed by atoms with Crippen LogP contribution in [-0.2, 0) is 4.79 Å². The lowest BCUT2D eigenvalue weighted by molar-refractivity contribution is -0.121. The lowest BCUT2D eigenvalue weighted by Crippen LogP contribution is -2.25. The average Bonchev–Trinajstić information content (AvgIpc) is 2.71. The Morgan fingerprint density at radius 3 is 2.79 bits per heavy atom. The highest BCUT2D eigenvalue weighted by molar-refractivity contribution is 5.91. The van der Waals surface area contributed by atoms with E-state index in [9.17, 15) is 4.79 Å². The number of hydrogen-bond donors (Lipinski definition) is 2. The summed E-state index contributed by atoms with van der Waals surface area (Å²) in [6, 6.07) is 8.24. The number of ether oxygens (including phenoxy) is 1. The molecule has 0 spiro atoms. The number of amides is 1. The Balaban J connectivity index is 1.72. The third kappa shape index (κ3) is 7.37. The van der Waals surface area contributed by atoms with Gasteiger partial charge < -0.3 is 15.4 Å². The number of fused-ring (bicyclic) bond motifs is 1. The van der Waals surface area contributed by atoms with Crippen molar-refractivity contribution in [1.82, 2.24) is 10.3 Å². The summed E-state index contributed by atoms with van der Waals surface area (Å²) in [5, 5.41) is 7.65. The molecule has 5 heteroatoms. The summed E-state index contributed by atoms with van der Waals surface area (Å²) >= 11 is 0. The Labute approximate surface area is 169 Å². The van der Waals surface area contributed by atoms with Crippen molar-refractivity contribution < 1.29 is 9.53 Å². The van der Waals surface area contributed by atoms with Gasteiger partial charge in [-0.25, -0.2) is 0 Å². The van der Waals surface area contributed by atoms with Gasteiger partial charge in [0.2, 0.25) is 5.91 Å². The zero-order chi connectivity index (χ0) is 20.2. The fourth-order valence-electron chi connectivity index (χ4n) is 3.34. The topological polar surface area (TPSA) is 63.2 Å². The minimum atomic E-state index is 0.181. The smallest absolute Gasteiger partial charge is 0.219 e. The number of pyridine rings is 1. The molecule has 2 N–H and O–H groups in total. The van der Waals surface area contributed by atoms with E-state index < -0.39 is 0 Å². The number of carbonyl (C=O) groups is 1. The van der Waals surface area contributed by atoms with E-state index in [-0.39, 0.29) is 11.9 Å². The van der Waals surface area contributed by atoms with E-state index in [1.165, 1.54) is 19.3 Å². The molecule has 0 aliphatic carbocycles. The molecular formula is C23H35N3O2. The molecule has 1 aromatic heterocycles. The highest BCUT2D eigenvalue weighted by atomic mass is 16.5. The minimum absolute atomic E-state index is 0.181. The van der Waals surface area contributed by atoms with Crippen molar-refractivity contribution in [1.29, 1.82) is 0 Å². The highest BCUT2D eigenvalue weighted by Gasteiger charge is 2.09. The van der Waals surface area contributed by atoms with Crippen molar-refractivity contribution in [3.8, 4) is 5.75 Å². The summed E-state index contributed by atoms with van der Waals surface area (Å²) in [7, 11) is 1.68. The van der Waals surface area contributed by atoms with Gasteiger partial charge >= 0.3 is 0 Å². The number of aromatic nitrogens is 1. The molecule has 1 unspecified atom stereocenters. The number of unbranched alkanes of at least 4 members (excludes halogenated alkanes) is 4. The Hall–Kier alpha value is -2.30. The van der Waals surface area contributed by atoms with Crippen LogP contribution in [-0.4, -0.2) is 30.6 Å². The molecule has 0 fully saturated rings. The summed E-state index contributed by atoms with van der Waals surface area (Å²) in [4.78, 5) is 16.4. The molecule has 0 radical (unpaired) electrons. The highest BCUT2D eigenvalue weighted by Crippen LogP contribution is 2.28. The number of hydrogen-bond acceptors (Lipinski definition) is 4. The first-order valence-corrected chi connectivity index (χ1v) is 10.6. The van der Waals surface area contributed by atoms with E-state index in [2.05, 4.69) is 29.5 Å². The van der Waals surface area contributed by atoms with Crippen LogP contribution in [0.3, 0.4) is 0 Å². The molecule has 2 aromatic rings. The maximum Gasteiger partial charge on any atom is 0.219 e. The van der Waals surface area contributed by atoms with E-state index in [1.807, 2.05) is 30.5 Å². The van der Waals surface area contributed by atoms with Crippen LogP contribution in [0.15, 0.2) is 30.5 Å². The Morgan fingerprint density at radius 1 is 1.18 bits per heavy atom. The van der Waals surface area contributed by atoms with Crippen LogP contribution >= 0.6 is 0 Å². The summed E-state index contributed by atoms with van der Waals surface area (Å²) in [6.07, 6.45) is 10.3. The number of benzene rings is 1. The molecular weight excluding hydrogens is 350 g/mol. The number of rotatable bonds is 13. The molecule has 0 aliphatic heterocycles. The Morgan fingerprint density at radius 2 is 2.00 bits per heavy atom. The SMILES string of the molecule is CCCCCCCC(=O)NCCCC(C)Nc1cc(OC)cc2cccnc12. The van der Waals surface area contributed by atoms with Gasteiger partial charge in [0.15, 0.2) is 0 Å². The van der Waals surface area contributed by atoms with Crippen LogP contribution in [0.1, 0.15) is 65.2 Å². The summed E-state index contributed by atoms with van der Waals surface area (Å²) in [6.45, 7) is 5.09. The van der Waals surface area contributed by atoms with Gasteiger partial charge in [-0.1, -0.05) is 38.7 Å².